The van der Waals surface area contributed by atoms with Crippen molar-refractivity contribution in [2.45, 2.75) is 32.7 Å². The monoisotopic (exact) mass is 344 g/mol. The first-order valence-corrected chi connectivity index (χ1v) is 8.89. The first-order valence-electron chi connectivity index (χ1n) is 8.51. The van der Waals surface area contributed by atoms with Crippen LogP contribution in [0.3, 0.4) is 0 Å². The molecule has 4 heteroatoms. The molecule has 0 saturated carbocycles. The summed E-state index contributed by atoms with van der Waals surface area (Å²) in [5, 5.41) is 3.72. The van der Waals surface area contributed by atoms with E-state index in [0.29, 0.717) is 5.02 Å². The molecule has 0 saturated heterocycles. The summed E-state index contributed by atoms with van der Waals surface area (Å²) < 4.78 is 0. The Morgan fingerprint density at radius 3 is 2.12 bits per heavy atom. The molecule has 0 bridgehead atoms. The van der Waals surface area contributed by atoms with E-state index >= 15 is 0 Å². The zero-order chi connectivity index (χ0) is 17.4. The third-order valence-corrected chi connectivity index (χ3v) is 4.11. The van der Waals surface area contributed by atoms with Gasteiger partial charge in [0.2, 0.25) is 5.91 Å². The van der Waals surface area contributed by atoms with Gasteiger partial charge in [-0.3, -0.25) is 9.69 Å². The van der Waals surface area contributed by atoms with Crippen LogP contribution in [0.1, 0.15) is 38.3 Å². The van der Waals surface area contributed by atoms with E-state index in [1.54, 1.807) is 0 Å². The summed E-state index contributed by atoms with van der Waals surface area (Å²) in [4.78, 5) is 15.2. The fraction of sp³-hybridized carbons (Fsp3) is 0.350. The van der Waals surface area contributed by atoms with Crippen LogP contribution >= 0.6 is 11.6 Å². The molecule has 0 heterocycles. The van der Waals surface area contributed by atoms with Crippen LogP contribution in [0.2, 0.25) is 5.02 Å². The third-order valence-electron chi connectivity index (χ3n) is 3.86. The molecule has 2 aromatic carbocycles. The van der Waals surface area contributed by atoms with Crippen molar-refractivity contribution in [3.63, 3.8) is 0 Å². The van der Waals surface area contributed by atoms with Crippen molar-refractivity contribution in [1.82, 2.24) is 4.90 Å². The van der Waals surface area contributed by atoms with Crippen LogP contribution in [0.5, 0.6) is 0 Å². The quantitative estimate of drug-likeness (QED) is 0.719. The summed E-state index contributed by atoms with van der Waals surface area (Å²) >= 11 is 6.01. The van der Waals surface area contributed by atoms with E-state index in [1.807, 2.05) is 54.6 Å². The highest BCUT2D eigenvalue weighted by Gasteiger charge is 2.26. The number of para-hydroxylation sites is 1. The number of hydrogen-bond acceptors (Lipinski definition) is 2. The highest BCUT2D eigenvalue weighted by atomic mass is 35.5. The summed E-state index contributed by atoms with van der Waals surface area (Å²) in [6.07, 6.45) is 2.01. The molecule has 3 nitrogen and oxygen atoms in total. The maximum absolute atomic E-state index is 13.0. The van der Waals surface area contributed by atoms with Crippen molar-refractivity contribution in [2.75, 3.05) is 18.4 Å². The number of rotatable bonds is 8. The molecule has 2 aromatic rings. The first kappa shape index (κ1) is 18.5. The summed E-state index contributed by atoms with van der Waals surface area (Å²) in [5.41, 5.74) is 1.78. The first-order chi connectivity index (χ1) is 11.7. The van der Waals surface area contributed by atoms with Gasteiger partial charge in [-0.1, -0.05) is 55.8 Å². The number of halogens is 1. The van der Waals surface area contributed by atoms with E-state index in [2.05, 4.69) is 24.1 Å². The van der Waals surface area contributed by atoms with Gasteiger partial charge in [0.05, 0.1) is 0 Å². The average molecular weight is 345 g/mol. The van der Waals surface area contributed by atoms with Gasteiger partial charge < -0.3 is 5.32 Å². The Labute approximate surface area is 149 Å². The minimum absolute atomic E-state index is 0.00887. The zero-order valence-electron chi connectivity index (χ0n) is 14.3. The van der Waals surface area contributed by atoms with E-state index in [-0.39, 0.29) is 11.9 Å². The van der Waals surface area contributed by atoms with Gasteiger partial charge >= 0.3 is 0 Å². The second-order valence-corrected chi connectivity index (χ2v) is 6.28. The SMILES string of the molecule is CCCN(CCC)[C@H](C(=O)Nc1ccccc1)c1ccc(Cl)cc1. The van der Waals surface area contributed by atoms with Crippen molar-refractivity contribution < 1.29 is 4.79 Å². The summed E-state index contributed by atoms with van der Waals surface area (Å²) in [7, 11) is 0. The van der Waals surface area contributed by atoms with Crippen LogP contribution in [-0.4, -0.2) is 23.9 Å². The summed E-state index contributed by atoms with van der Waals surface area (Å²) in [6, 6.07) is 16.8. The standard InChI is InChI=1S/C20H25ClN2O/c1-3-14-23(15-4-2)19(16-10-12-17(21)13-11-16)20(24)22-18-8-6-5-7-9-18/h5-13,19H,3-4,14-15H2,1-2H3,(H,22,24)/t19-/m0/s1. The Morgan fingerprint density at radius 1 is 1.00 bits per heavy atom. The van der Waals surface area contributed by atoms with Crippen LogP contribution in [0, 0.1) is 0 Å². The largest absolute Gasteiger partial charge is 0.324 e. The predicted molar refractivity (Wildman–Crippen MR) is 101 cm³/mol. The van der Waals surface area contributed by atoms with Crippen LogP contribution in [0.4, 0.5) is 5.69 Å². The average Bonchev–Trinajstić information content (AvgIpc) is 2.58. The fourth-order valence-electron chi connectivity index (χ4n) is 2.85. The van der Waals surface area contributed by atoms with Gasteiger partial charge in [0.15, 0.2) is 0 Å². The van der Waals surface area contributed by atoms with E-state index in [1.165, 1.54) is 0 Å². The van der Waals surface area contributed by atoms with Gasteiger partial charge in [-0.05, 0) is 55.8 Å². The van der Waals surface area contributed by atoms with Crippen LogP contribution in [0.15, 0.2) is 54.6 Å². The van der Waals surface area contributed by atoms with Crippen molar-refractivity contribution in [3.8, 4) is 0 Å². The maximum atomic E-state index is 13.0. The second-order valence-electron chi connectivity index (χ2n) is 5.85. The smallest absolute Gasteiger partial charge is 0.246 e. The molecule has 1 atom stereocenters. The molecule has 0 spiro atoms. The zero-order valence-corrected chi connectivity index (χ0v) is 15.1. The summed E-state index contributed by atoms with van der Waals surface area (Å²) in [5.74, 6) is -0.00887. The normalized spacial score (nSPS) is 12.2. The van der Waals surface area contributed by atoms with E-state index in [0.717, 1.165) is 37.2 Å². The number of carbonyl (C=O) groups excluding carboxylic acids is 1. The lowest BCUT2D eigenvalue weighted by Crippen LogP contribution is -2.38. The van der Waals surface area contributed by atoms with Gasteiger partial charge in [-0.15, -0.1) is 0 Å². The Kier molecular flexibility index (Phi) is 7.29. The van der Waals surface area contributed by atoms with Gasteiger partial charge in [-0.25, -0.2) is 0 Å². The number of benzene rings is 2. The van der Waals surface area contributed by atoms with Gasteiger partial charge in [0.25, 0.3) is 0 Å². The highest BCUT2D eigenvalue weighted by Crippen LogP contribution is 2.25. The lowest BCUT2D eigenvalue weighted by Gasteiger charge is -2.30. The van der Waals surface area contributed by atoms with Gasteiger partial charge in [0.1, 0.15) is 6.04 Å². The molecular weight excluding hydrogens is 320 g/mol. The molecule has 2 rings (SSSR count). The lowest BCUT2D eigenvalue weighted by atomic mass is 10.0. The Bertz CT molecular complexity index is 622. The number of carbonyl (C=O) groups is 1. The van der Waals surface area contributed by atoms with Gasteiger partial charge in [-0.2, -0.15) is 0 Å². The van der Waals surface area contributed by atoms with Crippen LogP contribution < -0.4 is 5.32 Å². The molecular formula is C20H25ClN2O. The second kappa shape index (κ2) is 9.45. The van der Waals surface area contributed by atoms with Crippen molar-refractivity contribution in [2.24, 2.45) is 0 Å². The van der Waals surface area contributed by atoms with Crippen LogP contribution in [0.25, 0.3) is 0 Å². The number of amides is 1. The maximum Gasteiger partial charge on any atom is 0.246 e. The number of nitrogens with one attached hydrogen (secondary N) is 1. The fourth-order valence-corrected chi connectivity index (χ4v) is 2.98. The lowest BCUT2D eigenvalue weighted by molar-refractivity contribution is -0.121. The van der Waals surface area contributed by atoms with Crippen molar-refractivity contribution >= 4 is 23.2 Å². The molecule has 0 unspecified atom stereocenters. The molecule has 0 radical (unpaired) electrons. The molecule has 128 valence electrons. The van der Waals surface area contributed by atoms with Crippen LogP contribution in [-0.2, 0) is 4.79 Å². The Morgan fingerprint density at radius 2 is 1.58 bits per heavy atom. The molecule has 0 aliphatic rings. The van der Waals surface area contributed by atoms with E-state index < -0.39 is 0 Å². The molecule has 0 aliphatic carbocycles. The van der Waals surface area contributed by atoms with Crippen molar-refractivity contribution in [1.29, 1.82) is 0 Å². The van der Waals surface area contributed by atoms with E-state index in [9.17, 15) is 4.79 Å². The Balaban J connectivity index is 2.29. The van der Waals surface area contributed by atoms with Crippen molar-refractivity contribution in [3.05, 3.63) is 65.2 Å². The molecule has 0 aliphatic heterocycles. The third kappa shape index (κ3) is 5.08. The molecule has 1 N–H and O–H groups in total. The number of anilines is 1. The predicted octanol–water partition coefficient (Wildman–Crippen LogP) is 5.14. The number of hydrogen-bond donors (Lipinski definition) is 1. The summed E-state index contributed by atoms with van der Waals surface area (Å²) in [6.45, 7) is 6.03. The number of nitrogens with zero attached hydrogens (tertiary/aromatic N) is 1. The van der Waals surface area contributed by atoms with E-state index in [4.69, 9.17) is 11.6 Å². The highest BCUT2D eigenvalue weighted by molar-refractivity contribution is 6.30. The minimum atomic E-state index is -0.317. The molecule has 24 heavy (non-hydrogen) atoms. The van der Waals surface area contributed by atoms with Gasteiger partial charge in [0, 0.05) is 10.7 Å². The minimum Gasteiger partial charge on any atom is -0.324 e. The molecule has 1 amide bonds. The molecule has 0 aromatic heterocycles. The Hall–Kier alpha value is -1.84. The molecule has 0 fully saturated rings. The topological polar surface area (TPSA) is 32.3 Å².